The molecule has 0 aromatic carbocycles. The number of aromatic nitrogens is 3. The number of likely N-dealkylation sites (tertiary alicyclic amines) is 1. The Hall–Kier alpha value is -2.34. The second-order valence-corrected chi connectivity index (χ2v) is 6.44. The molecule has 0 N–H and O–H groups in total. The second kappa shape index (κ2) is 7.05. The summed E-state index contributed by atoms with van der Waals surface area (Å²) in [6.07, 6.45) is 5.45. The molecule has 24 heavy (non-hydrogen) atoms. The van der Waals surface area contributed by atoms with Crippen molar-refractivity contribution >= 4 is 5.91 Å². The number of pyridine rings is 1. The molecule has 2 aromatic heterocycles. The van der Waals surface area contributed by atoms with E-state index in [1.165, 1.54) is 0 Å². The van der Waals surface area contributed by atoms with Gasteiger partial charge >= 0.3 is 0 Å². The van der Waals surface area contributed by atoms with Gasteiger partial charge in [-0.3, -0.25) is 9.78 Å². The number of aryl methyl sites for hydroxylation is 1. The first-order chi connectivity index (χ1) is 11.6. The van der Waals surface area contributed by atoms with Crippen LogP contribution in [0.15, 0.2) is 30.6 Å². The molecule has 0 spiro atoms. The van der Waals surface area contributed by atoms with Crippen LogP contribution in [0.5, 0.6) is 0 Å². The molecule has 6 nitrogen and oxygen atoms in total. The zero-order chi connectivity index (χ0) is 17.1. The third-order valence-electron chi connectivity index (χ3n) is 4.22. The molecule has 1 amide bonds. The Labute approximate surface area is 142 Å². The van der Waals surface area contributed by atoms with Gasteiger partial charge in [-0.25, -0.2) is 9.97 Å². The van der Waals surface area contributed by atoms with E-state index in [9.17, 15) is 4.79 Å². The highest BCUT2D eigenvalue weighted by atomic mass is 16.2. The maximum atomic E-state index is 12.9. The van der Waals surface area contributed by atoms with E-state index in [-0.39, 0.29) is 11.9 Å². The highest BCUT2D eigenvalue weighted by Crippen LogP contribution is 2.33. The van der Waals surface area contributed by atoms with Gasteiger partial charge in [-0.15, -0.1) is 0 Å². The molecule has 126 valence electrons. The summed E-state index contributed by atoms with van der Waals surface area (Å²) in [6, 6.07) is 5.43. The summed E-state index contributed by atoms with van der Waals surface area (Å²) in [6.45, 7) is 3.39. The van der Waals surface area contributed by atoms with Crippen molar-refractivity contribution in [2.24, 2.45) is 0 Å². The summed E-state index contributed by atoms with van der Waals surface area (Å²) >= 11 is 0. The number of amides is 1. The number of hydrogen-bond donors (Lipinski definition) is 0. The number of carbonyl (C=O) groups excluding carboxylic acids is 1. The minimum Gasteiger partial charge on any atom is -0.329 e. The summed E-state index contributed by atoms with van der Waals surface area (Å²) in [5.74, 6) is 0.717. The molecule has 0 saturated carbocycles. The molecule has 6 heteroatoms. The average molecular weight is 325 g/mol. The maximum Gasteiger partial charge on any atom is 0.273 e. The van der Waals surface area contributed by atoms with Gasteiger partial charge in [-0.05, 0) is 46.0 Å². The molecule has 1 fully saturated rings. The van der Waals surface area contributed by atoms with Crippen LogP contribution in [0.2, 0.25) is 0 Å². The van der Waals surface area contributed by atoms with Crippen LogP contribution in [0, 0.1) is 6.92 Å². The molecule has 0 radical (unpaired) electrons. The van der Waals surface area contributed by atoms with E-state index in [0.29, 0.717) is 5.69 Å². The molecule has 2 aromatic rings. The fraction of sp³-hybridized carbons (Fsp3) is 0.444. The maximum absolute atomic E-state index is 12.9. The third kappa shape index (κ3) is 3.43. The molecule has 1 unspecified atom stereocenters. The van der Waals surface area contributed by atoms with Crippen LogP contribution >= 0.6 is 0 Å². The second-order valence-electron chi connectivity index (χ2n) is 6.44. The van der Waals surface area contributed by atoms with Gasteiger partial charge in [0.2, 0.25) is 0 Å². The minimum atomic E-state index is -0.0230. The zero-order valence-electron chi connectivity index (χ0n) is 14.4. The van der Waals surface area contributed by atoms with Crippen molar-refractivity contribution in [1.82, 2.24) is 24.8 Å². The Morgan fingerprint density at radius 3 is 2.88 bits per heavy atom. The number of rotatable bonds is 4. The van der Waals surface area contributed by atoms with E-state index >= 15 is 0 Å². The van der Waals surface area contributed by atoms with Gasteiger partial charge in [0.1, 0.15) is 11.5 Å². The molecule has 1 atom stereocenters. The third-order valence-corrected chi connectivity index (χ3v) is 4.22. The molecule has 3 rings (SSSR count). The van der Waals surface area contributed by atoms with E-state index in [2.05, 4.69) is 19.9 Å². The predicted octanol–water partition coefficient (Wildman–Crippen LogP) is 2.22. The van der Waals surface area contributed by atoms with Crippen molar-refractivity contribution < 1.29 is 4.79 Å². The van der Waals surface area contributed by atoms with E-state index in [1.54, 1.807) is 12.3 Å². The summed E-state index contributed by atoms with van der Waals surface area (Å²) < 4.78 is 0. The Morgan fingerprint density at radius 1 is 1.33 bits per heavy atom. The Kier molecular flexibility index (Phi) is 4.85. The van der Waals surface area contributed by atoms with E-state index < -0.39 is 0 Å². The number of hydrogen-bond acceptors (Lipinski definition) is 5. The van der Waals surface area contributed by atoms with E-state index in [4.69, 9.17) is 0 Å². The van der Waals surface area contributed by atoms with Crippen molar-refractivity contribution in [3.05, 3.63) is 53.4 Å². The molecule has 0 aliphatic carbocycles. The molecule has 1 saturated heterocycles. The molecular formula is C18H23N5O. The lowest BCUT2D eigenvalue weighted by atomic mass is 10.1. The van der Waals surface area contributed by atoms with Crippen LogP contribution in [0.3, 0.4) is 0 Å². The largest absolute Gasteiger partial charge is 0.329 e. The van der Waals surface area contributed by atoms with Gasteiger partial charge in [0.05, 0.1) is 11.7 Å². The SMILES string of the molecule is Cc1ncc(CN(C)C)c(C2CCCN2C(=O)c2ccccn2)n1. The fourth-order valence-corrected chi connectivity index (χ4v) is 3.19. The molecule has 1 aliphatic heterocycles. The predicted molar refractivity (Wildman–Crippen MR) is 91.4 cm³/mol. The highest BCUT2D eigenvalue weighted by Gasteiger charge is 2.33. The van der Waals surface area contributed by atoms with Crippen molar-refractivity contribution in [2.45, 2.75) is 32.4 Å². The van der Waals surface area contributed by atoms with Gasteiger partial charge in [0.15, 0.2) is 0 Å². The summed E-state index contributed by atoms with van der Waals surface area (Å²) in [5, 5.41) is 0. The first-order valence-electron chi connectivity index (χ1n) is 8.25. The minimum absolute atomic E-state index is 0.00356. The molecule has 3 heterocycles. The Morgan fingerprint density at radius 2 is 2.17 bits per heavy atom. The monoisotopic (exact) mass is 325 g/mol. The molecule has 0 bridgehead atoms. The first kappa shape index (κ1) is 16.5. The standard InChI is InChI=1S/C18H23N5O/c1-13-20-11-14(12-22(2)3)17(21-13)16-8-6-10-23(16)18(24)15-7-4-5-9-19-15/h4-5,7,9,11,16H,6,8,10,12H2,1-3H3. The first-order valence-corrected chi connectivity index (χ1v) is 8.25. The van der Waals surface area contributed by atoms with Gasteiger partial charge in [-0.2, -0.15) is 0 Å². The van der Waals surface area contributed by atoms with Crippen molar-refractivity contribution in [2.75, 3.05) is 20.6 Å². The highest BCUT2D eigenvalue weighted by molar-refractivity contribution is 5.92. The van der Waals surface area contributed by atoms with Crippen molar-refractivity contribution in [3.63, 3.8) is 0 Å². The van der Waals surface area contributed by atoms with Crippen LogP contribution in [-0.2, 0) is 6.54 Å². The van der Waals surface area contributed by atoms with Crippen LogP contribution in [0.4, 0.5) is 0 Å². The topological polar surface area (TPSA) is 62.2 Å². The van der Waals surface area contributed by atoms with E-state index in [1.807, 2.05) is 44.2 Å². The van der Waals surface area contributed by atoms with E-state index in [0.717, 1.165) is 43.0 Å². The van der Waals surface area contributed by atoms with Crippen LogP contribution in [0.25, 0.3) is 0 Å². The van der Waals surface area contributed by atoms with Gasteiger partial charge in [0.25, 0.3) is 5.91 Å². The Balaban J connectivity index is 1.93. The van der Waals surface area contributed by atoms with Gasteiger partial charge in [0, 0.05) is 31.0 Å². The Bertz CT molecular complexity index is 717. The van der Waals surface area contributed by atoms with Crippen molar-refractivity contribution in [3.8, 4) is 0 Å². The quantitative estimate of drug-likeness (QED) is 0.862. The smallest absolute Gasteiger partial charge is 0.273 e. The van der Waals surface area contributed by atoms with Gasteiger partial charge in [-0.1, -0.05) is 6.07 Å². The molecule has 1 aliphatic rings. The number of nitrogens with zero attached hydrogens (tertiary/aromatic N) is 5. The molecular weight excluding hydrogens is 302 g/mol. The summed E-state index contributed by atoms with van der Waals surface area (Å²) in [7, 11) is 4.05. The fourth-order valence-electron chi connectivity index (χ4n) is 3.19. The summed E-state index contributed by atoms with van der Waals surface area (Å²) in [4.78, 5) is 30.1. The van der Waals surface area contributed by atoms with Crippen LogP contribution in [0.1, 0.15) is 46.5 Å². The van der Waals surface area contributed by atoms with Crippen molar-refractivity contribution in [1.29, 1.82) is 0 Å². The van der Waals surface area contributed by atoms with Crippen LogP contribution < -0.4 is 0 Å². The zero-order valence-corrected chi connectivity index (χ0v) is 14.4. The van der Waals surface area contributed by atoms with Crippen LogP contribution in [-0.4, -0.2) is 51.3 Å². The lowest BCUT2D eigenvalue weighted by Crippen LogP contribution is -2.32. The van der Waals surface area contributed by atoms with Gasteiger partial charge < -0.3 is 9.80 Å². The number of carbonyl (C=O) groups is 1. The normalized spacial score (nSPS) is 17.5. The lowest BCUT2D eigenvalue weighted by molar-refractivity contribution is 0.0725. The summed E-state index contributed by atoms with van der Waals surface area (Å²) in [5.41, 5.74) is 2.54. The average Bonchev–Trinajstić information content (AvgIpc) is 3.05. The lowest BCUT2D eigenvalue weighted by Gasteiger charge is -2.26.